The number of hydrogen-bond donors (Lipinski definition) is 0. The Morgan fingerprint density at radius 2 is 2.00 bits per heavy atom. The third-order valence-corrected chi connectivity index (χ3v) is 3.33. The highest BCUT2D eigenvalue weighted by molar-refractivity contribution is 5.88. The summed E-state index contributed by atoms with van der Waals surface area (Å²) in [6.45, 7) is 1.67. The highest BCUT2D eigenvalue weighted by Gasteiger charge is 2.13. The van der Waals surface area contributed by atoms with E-state index in [9.17, 15) is 9.65 Å². The summed E-state index contributed by atoms with van der Waals surface area (Å²) < 4.78 is 15.4. The van der Waals surface area contributed by atoms with E-state index in [1.54, 1.807) is 35.9 Å². The second kappa shape index (κ2) is 4.73. The van der Waals surface area contributed by atoms with Gasteiger partial charge >= 0.3 is 0 Å². The average molecular weight is 276 g/mol. The molecule has 3 rings (SSSR count). The molecule has 4 nitrogen and oxygen atoms in total. The Hall–Kier alpha value is -3.18. The molecule has 0 aliphatic heterocycles. The zero-order chi connectivity index (χ0) is 15.0. The highest BCUT2D eigenvalue weighted by atomic mass is 19.1. The van der Waals surface area contributed by atoms with Crippen molar-refractivity contribution in [3.05, 3.63) is 59.2 Å². The maximum absolute atomic E-state index is 13.7. The second-order valence-electron chi connectivity index (χ2n) is 4.66. The van der Waals surface area contributed by atoms with Crippen LogP contribution in [0, 0.1) is 35.4 Å². The molecule has 0 atom stereocenters. The van der Waals surface area contributed by atoms with Crippen molar-refractivity contribution in [2.24, 2.45) is 0 Å². The molecule has 2 heterocycles. The second-order valence-corrected chi connectivity index (χ2v) is 4.66. The van der Waals surface area contributed by atoms with Gasteiger partial charge in [-0.25, -0.2) is 9.37 Å². The first-order valence-corrected chi connectivity index (χ1v) is 6.22. The number of nitriles is 2. The van der Waals surface area contributed by atoms with Gasteiger partial charge in [0.2, 0.25) is 0 Å². The van der Waals surface area contributed by atoms with Gasteiger partial charge in [-0.1, -0.05) is 0 Å². The molecular formula is C16H9FN4. The number of pyridine rings is 1. The smallest absolute Gasteiger partial charge is 0.137 e. The summed E-state index contributed by atoms with van der Waals surface area (Å²) in [5.74, 6) is 0.232. The Labute approximate surface area is 120 Å². The number of rotatable bonds is 1. The summed E-state index contributed by atoms with van der Waals surface area (Å²) in [6.07, 6.45) is 3.08. The average Bonchev–Trinajstić information content (AvgIpc) is 2.85. The van der Waals surface area contributed by atoms with Crippen molar-refractivity contribution in [3.8, 4) is 18.0 Å². The van der Waals surface area contributed by atoms with Crippen LogP contribution in [0.2, 0.25) is 0 Å². The minimum absolute atomic E-state index is 0.343. The topological polar surface area (TPSA) is 65.4 Å². The molecule has 0 aliphatic carbocycles. The molecule has 3 aromatic rings. The van der Waals surface area contributed by atoms with Crippen molar-refractivity contribution in [1.82, 2.24) is 9.55 Å². The summed E-state index contributed by atoms with van der Waals surface area (Å²) in [5, 5.41) is 18.5. The lowest BCUT2D eigenvalue weighted by atomic mass is 10.1. The summed E-state index contributed by atoms with van der Waals surface area (Å²) >= 11 is 0. The molecule has 0 fully saturated rings. The van der Waals surface area contributed by atoms with Crippen LogP contribution in [0.1, 0.15) is 16.7 Å². The summed E-state index contributed by atoms with van der Waals surface area (Å²) in [6, 6.07) is 10.5. The lowest BCUT2D eigenvalue weighted by Gasteiger charge is -2.05. The van der Waals surface area contributed by atoms with E-state index in [-0.39, 0.29) is 5.82 Å². The van der Waals surface area contributed by atoms with E-state index in [0.717, 1.165) is 0 Å². The Morgan fingerprint density at radius 3 is 2.62 bits per heavy atom. The monoisotopic (exact) mass is 276 g/mol. The molecule has 0 spiro atoms. The maximum atomic E-state index is 13.7. The minimum Gasteiger partial charge on any atom is -0.300 e. The molecule has 5 heteroatoms. The van der Waals surface area contributed by atoms with Crippen LogP contribution >= 0.6 is 0 Å². The van der Waals surface area contributed by atoms with Crippen molar-refractivity contribution >= 4 is 10.9 Å². The van der Waals surface area contributed by atoms with Crippen molar-refractivity contribution in [1.29, 1.82) is 10.5 Å². The molecule has 0 bridgehead atoms. The number of hydrogen-bond acceptors (Lipinski definition) is 3. The highest BCUT2D eigenvalue weighted by Crippen LogP contribution is 2.26. The SMILES string of the molecule is Cc1cc2c(cc1F)c(C#N)cn2-c1ccc(C#N)cn1. The summed E-state index contributed by atoms with van der Waals surface area (Å²) in [7, 11) is 0. The Morgan fingerprint density at radius 1 is 1.19 bits per heavy atom. The quantitative estimate of drug-likeness (QED) is 0.685. The zero-order valence-corrected chi connectivity index (χ0v) is 11.1. The maximum Gasteiger partial charge on any atom is 0.137 e. The molecule has 0 aliphatic rings. The van der Waals surface area contributed by atoms with E-state index < -0.39 is 0 Å². The first kappa shape index (κ1) is 12.8. The molecule has 2 aromatic heterocycles. The van der Waals surface area contributed by atoms with Crippen LogP contribution in [0.3, 0.4) is 0 Å². The molecule has 0 N–H and O–H groups in total. The lowest BCUT2D eigenvalue weighted by Crippen LogP contribution is -1.96. The van der Waals surface area contributed by atoms with Gasteiger partial charge in [-0.05, 0) is 36.8 Å². The van der Waals surface area contributed by atoms with E-state index in [1.807, 2.05) is 6.07 Å². The zero-order valence-electron chi connectivity index (χ0n) is 11.1. The van der Waals surface area contributed by atoms with Crippen LogP contribution < -0.4 is 0 Å². The van der Waals surface area contributed by atoms with Crippen LogP contribution in [0.5, 0.6) is 0 Å². The van der Waals surface area contributed by atoms with E-state index in [4.69, 9.17) is 5.26 Å². The van der Waals surface area contributed by atoms with Crippen LogP contribution in [0.4, 0.5) is 4.39 Å². The van der Waals surface area contributed by atoms with E-state index in [1.165, 1.54) is 12.3 Å². The number of nitrogens with zero attached hydrogens (tertiary/aromatic N) is 4. The van der Waals surface area contributed by atoms with Gasteiger partial charge in [0.1, 0.15) is 23.8 Å². The normalized spacial score (nSPS) is 10.3. The van der Waals surface area contributed by atoms with Gasteiger partial charge < -0.3 is 0 Å². The Kier molecular flexibility index (Phi) is 2.89. The standard InChI is InChI=1S/C16H9FN4/c1-10-4-15-13(5-14(10)17)12(7-19)9-21(15)16-3-2-11(6-18)8-20-16/h2-5,8-9H,1H3. The van der Waals surface area contributed by atoms with E-state index in [0.29, 0.717) is 33.4 Å². The van der Waals surface area contributed by atoms with Gasteiger partial charge in [0.15, 0.2) is 0 Å². The fourth-order valence-corrected chi connectivity index (χ4v) is 2.22. The molecule has 0 amide bonds. The lowest BCUT2D eigenvalue weighted by molar-refractivity contribution is 0.620. The largest absolute Gasteiger partial charge is 0.300 e. The fraction of sp³-hybridized carbons (Fsp3) is 0.0625. The van der Waals surface area contributed by atoms with E-state index >= 15 is 0 Å². The number of aromatic nitrogens is 2. The van der Waals surface area contributed by atoms with Crippen molar-refractivity contribution in [3.63, 3.8) is 0 Å². The third-order valence-electron chi connectivity index (χ3n) is 3.33. The predicted molar refractivity (Wildman–Crippen MR) is 75.2 cm³/mol. The Balaban J connectivity index is 2.30. The number of halogens is 1. The molecule has 0 saturated heterocycles. The van der Waals surface area contributed by atoms with Crippen LogP contribution in [-0.2, 0) is 0 Å². The van der Waals surface area contributed by atoms with Gasteiger partial charge in [-0.2, -0.15) is 10.5 Å². The molecule has 100 valence electrons. The van der Waals surface area contributed by atoms with Gasteiger partial charge in [0, 0.05) is 17.8 Å². The number of benzene rings is 1. The molecular weight excluding hydrogens is 267 g/mol. The fourth-order valence-electron chi connectivity index (χ4n) is 2.22. The molecule has 1 aromatic carbocycles. The minimum atomic E-state index is -0.343. The van der Waals surface area contributed by atoms with Gasteiger partial charge in [-0.3, -0.25) is 4.57 Å². The van der Waals surface area contributed by atoms with Crippen molar-refractivity contribution in [2.45, 2.75) is 6.92 Å². The molecule has 0 unspecified atom stereocenters. The predicted octanol–water partition coefficient (Wildman–Crippen LogP) is 3.22. The first-order valence-electron chi connectivity index (χ1n) is 6.22. The van der Waals surface area contributed by atoms with Crippen molar-refractivity contribution < 1.29 is 4.39 Å². The number of fused-ring (bicyclic) bond motifs is 1. The van der Waals surface area contributed by atoms with Crippen LogP contribution in [0.25, 0.3) is 16.7 Å². The molecule has 0 saturated carbocycles. The van der Waals surface area contributed by atoms with Crippen LogP contribution in [0.15, 0.2) is 36.7 Å². The summed E-state index contributed by atoms with van der Waals surface area (Å²) in [5.41, 5.74) is 2.05. The van der Waals surface area contributed by atoms with Crippen molar-refractivity contribution in [2.75, 3.05) is 0 Å². The van der Waals surface area contributed by atoms with Gasteiger partial charge in [0.05, 0.1) is 16.6 Å². The van der Waals surface area contributed by atoms with E-state index in [2.05, 4.69) is 11.1 Å². The number of aryl methyl sites for hydroxylation is 1. The Bertz CT molecular complexity index is 924. The van der Waals surface area contributed by atoms with Gasteiger partial charge in [-0.15, -0.1) is 0 Å². The summed E-state index contributed by atoms with van der Waals surface area (Å²) in [4.78, 5) is 4.21. The van der Waals surface area contributed by atoms with Crippen LogP contribution in [-0.4, -0.2) is 9.55 Å². The third kappa shape index (κ3) is 2.01. The molecule has 21 heavy (non-hydrogen) atoms. The first-order chi connectivity index (χ1) is 10.1. The van der Waals surface area contributed by atoms with Gasteiger partial charge in [0.25, 0.3) is 0 Å². The molecule has 0 radical (unpaired) electrons.